The Morgan fingerprint density at radius 2 is 0.554 bits per heavy atom. The van der Waals surface area contributed by atoms with E-state index >= 15 is 0 Å². The van der Waals surface area contributed by atoms with E-state index in [2.05, 4.69) is 69.2 Å². The van der Waals surface area contributed by atoms with Crippen LogP contribution >= 0.6 is 0 Å². The summed E-state index contributed by atoms with van der Waals surface area (Å²) < 4.78 is 9.87. The first kappa shape index (κ1) is 83.2. The molecule has 4 saturated carbocycles. The van der Waals surface area contributed by atoms with Gasteiger partial charge in [-0.3, -0.25) is 9.59 Å². The van der Waals surface area contributed by atoms with E-state index in [4.69, 9.17) is 29.0 Å². The minimum atomic E-state index is -0.0563. The smallest absolute Gasteiger partial charge is 0.305 e. The van der Waals surface area contributed by atoms with Gasteiger partial charge >= 0.3 is 11.9 Å². The largest absolute Gasteiger partial charge is 0.469 e. The van der Waals surface area contributed by atoms with Crippen LogP contribution in [0.3, 0.4) is 0 Å². The minimum absolute atomic E-state index is 0.0563. The van der Waals surface area contributed by atoms with Gasteiger partial charge in [-0.1, -0.05) is 288 Å². The first-order chi connectivity index (χ1) is 44.4. The maximum absolute atomic E-state index is 11.8. The number of carbonyl (C=O) groups is 2. The molecule has 4 rings (SSSR count). The Kier molecular flexibility index (Phi) is 45.4. The molecule has 0 saturated heterocycles. The highest BCUT2D eigenvalue weighted by Crippen LogP contribution is 2.45. The summed E-state index contributed by atoms with van der Waals surface area (Å²) in [6, 6.07) is 0. The molecule has 4 fully saturated rings. The molecule has 1 unspecified atom stereocenters. The van der Waals surface area contributed by atoms with E-state index in [0.717, 1.165) is 120 Å². The van der Waals surface area contributed by atoms with E-state index in [1.165, 1.54) is 271 Å². The SMILES string of the molecule is COOCC[C@H](C)CCC[C@H]1CC[C@H]([C@H](C)CCC[C@@H](CC[C@@H](C)CCC[C@@H](C)[C@H]2CC[C@H](CCCC(C)CC(=O)OC)C2)CC[C@@H](CCC[C@@H](C)[C@H]2CC[C@H](CCC[C@@H](C)CCOOC)C2)CC[C@@H](C)CCC[C@@H](C)[C@H]2CC[C@H](CCC[C@@H](C)CC(=O)OC)C2)C1. The predicted octanol–water partition coefficient (Wildman–Crippen LogP) is 25.0. The van der Waals surface area contributed by atoms with Crippen molar-refractivity contribution in [1.82, 2.24) is 0 Å². The maximum atomic E-state index is 11.8. The molecule has 542 valence electrons. The molecule has 0 N–H and O–H groups in total. The maximum Gasteiger partial charge on any atom is 0.305 e. The molecule has 4 aliphatic rings. The Balaban J connectivity index is 1.32. The number of esters is 2. The van der Waals surface area contributed by atoms with Gasteiger partial charge < -0.3 is 9.47 Å². The minimum Gasteiger partial charge on any atom is -0.469 e. The van der Waals surface area contributed by atoms with Gasteiger partial charge in [0.1, 0.15) is 0 Å². The van der Waals surface area contributed by atoms with Crippen molar-refractivity contribution in [3.8, 4) is 0 Å². The van der Waals surface area contributed by atoms with Crippen molar-refractivity contribution in [2.45, 2.75) is 365 Å². The number of hydrogen-bond acceptors (Lipinski definition) is 8. The van der Waals surface area contributed by atoms with Crippen LogP contribution in [-0.4, -0.2) is 53.6 Å². The highest BCUT2D eigenvalue weighted by Gasteiger charge is 2.33. The van der Waals surface area contributed by atoms with Gasteiger partial charge in [-0.25, -0.2) is 19.6 Å². The van der Waals surface area contributed by atoms with Crippen LogP contribution < -0.4 is 0 Å². The molecule has 0 bridgehead atoms. The molecule has 0 radical (unpaired) electrons. The van der Waals surface area contributed by atoms with E-state index in [-0.39, 0.29) is 11.9 Å². The third-order valence-corrected chi connectivity index (χ3v) is 26.3. The van der Waals surface area contributed by atoms with E-state index in [0.29, 0.717) is 49.7 Å². The Labute approximate surface area is 572 Å². The van der Waals surface area contributed by atoms with Crippen LogP contribution in [0.5, 0.6) is 0 Å². The molecular weight excluding hydrogens is 1140 g/mol. The van der Waals surface area contributed by atoms with Crippen molar-refractivity contribution in [3.63, 3.8) is 0 Å². The summed E-state index contributed by atoms with van der Waals surface area (Å²) in [6.07, 6.45) is 62.4. The van der Waals surface area contributed by atoms with Crippen molar-refractivity contribution in [1.29, 1.82) is 0 Å². The fourth-order valence-corrected chi connectivity index (χ4v) is 19.1. The molecule has 92 heavy (non-hydrogen) atoms. The summed E-state index contributed by atoms with van der Waals surface area (Å²) in [5, 5.41) is 0. The average molecular weight is 1300 g/mol. The van der Waals surface area contributed by atoms with E-state index in [1.807, 2.05) is 0 Å². The van der Waals surface area contributed by atoms with Crippen molar-refractivity contribution in [2.75, 3.05) is 41.7 Å². The molecule has 0 aromatic heterocycles. The zero-order valence-corrected chi connectivity index (χ0v) is 63.8. The Bertz CT molecular complexity index is 1660. The van der Waals surface area contributed by atoms with E-state index < -0.39 is 0 Å². The first-order valence-corrected chi connectivity index (χ1v) is 40.8. The molecule has 0 heterocycles. The highest BCUT2D eigenvalue weighted by molar-refractivity contribution is 5.69. The van der Waals surface area contributed by atoms with Crippen LogP contribution in [0.2, 0.25) is 0 Å². The van der Waals surface area contributed by atoms with Crippen LogP contribution in [0, 0.1) is 118 Å². The molecule has 0 amide bonds. The van der Waals surface area contributed by atoms with E-state index in [9.17, 15) is 9.59 Å². The normalized spacial score (nSPS) is 25.8. The monoisotopic (exact) mass is 1300 g/mol. The molecule has 0 spiro atoms. The highest BCUT2D eigenvalue weighted by atomic mass is 17.2. The fourth-order valence-electron chi connectivity index (χ4n) is 19.1. The van der Waals surface area contributed by atoms with Crippen molar-refractivity contribution in [2.24, 2.45) is 118 Å². The second kappa shape index (κ2) is 50.2. The lowest BCUT2D eigenvalue weighted by Gasteiger charge is -2.26. The summed E-state index contributed by atoms with van der Waals surface area (Å²) in [7, 11) is 6.27. The van der Waals surface area contributed by atoms with Crippen LogP contribution in [0.25, 0.3) is 0 Å². The van der Waals surface area contributed by atoms with Crippen LogP contribution in [0.4, 0.5) is 0 Å². The lowest BCUT2D eigenvalue weighted by Crippen LogP contribution is -2.13. The average Bonchev–Trinajstić information content (AvgIpc) is 2.47. The number of methoxy groups -OCH3 is 2. The quantitative estimate of drug-likeness (QED) is 0.0258. The molecule has 4 aliphatic carbocycles. The van der Waals surface area contributed by atoms with Gasteiger partial charge in [0.15, 0.2) is 0 Å². The standard InChI is InChI=1S/C84H158O8/c1-63(23-15-29-69(7)79-49-47-77(61-79)37-19-27-67(5)57-83(85)87-11)39-41-73(33-21-31-71(9)81-51-45-75(59-81)35-17-25-65(3)53-55-91-89-13)43-44-74(34-22-32-72(10)82-52-46-76(60-82)36-18-26-66(4)54-56-92-90-14)42-40-64(2)24-16-30-70(8)80-50-48-78(62-80)38-20-28-68(6)58-84(86)88-12/h63-82H,15-62H2,1-14H3/t63-,64-,65+,66+,67+,68?,69+,70+,71+,72+,73-,74-,75-,76-,77-,78-,79-,80-,81-,82-/m0/s1. The second-order valence-electron chi connectivity index (χ2n) is 34.3. The number of carbonyl (C=O) groups excluding carboxylic acids is 2. The number of rotatable bonds is 57. The second-order valence-corrected chi connectivity index (χ2v) is 34.3. The zero-order valence-electron chi connectivity index (χ0n) is 63.8. The number of ether oxygens (including phenoxy) is 2. The lowest BCUT2D eigenvalue weighted by molar-refractivity contribution is -0.274. The van der Waals surface area contributed by atoms with Gasteiger partial charge in [-0.05, 0) is 183 Å². The predicted molar refractivity (Wildman–Crippen MR) is 389 cm³/mol. The summed E-state index contributed by atoms with van der Waals surface area (Å²) in [4.78, 5) is 43.6. The van der Waals surface area contributed by atoms with Gasteiger partial charge in [0, 0.05) is 12.8 Å². The van der Waals surface area contributed by atoms with Crippen LogP contribution in [-0.2, 0) is 38.6 Å². The molecule has 0 aromatic carbocycles. The Morgan fingerprint density at radius 1 is 0.293 bits per heavy atom. The summed E-state index contributed by atoms with van der Waals surface area (Å²) >= 11 is 0. The van der Waals surface area contributed by atoms with Gasteiger partial charge in [-0.15, -0.1) is 0 Å². The Hall–Kier alpha value is -1.22. The van der Waals surface area contributed by atoms with Gasteiger partial charge in [-0.2, -0.15) is 0 Å². The van der Waals surface area contributed by atoms with Crippen LogP contribution in [0.15, 0.2) is 0 Å². The van der Waals surface area contributed by atoms with Crippen molar-refractivity contribution in [3.05, 3.63) is 0 Å². The lowest BCUT2D eigenvalue weighted by atomic mass is 9.80. The Morgan fingerprint density at radius 3 is 0.848 bits per heavy atom. The molecular formula is C84H158O8. The summed E-state index contributed by atoms with van der Waals surface area (Å²) in [6.45, 7) is 26.4. The van der Waals surface area contributed by atoms with Gasteiger partial charge in [0.05, 0.1) is 41.7 Å². The van der Waals surface area contributed by atoms with Gasteiger partial charge in [0.25, 0.3) is 0 Å². The summed E-state index contributed by atoms with van der Waals surface area (Å²) in [5.41, 5.74) is 0. The molecule has 20 atom stereocenters. The van der Waals surface area contributed by atoms with Gasteiger partial charge in [0.2, 0.25) is 0 Å². The fraction of sp³-hybridized carbons (Fsp3) is 0.976. The zero-order chi connectivity index (χ0) is 66.9. The third-order valence-electron chi connectivity index (χ3n) is 26.3. The molecule has 0 aromatic rings. The van der Waals surface area contributed by atoms with E-state index in [1.54, 1.807) is 14.2 Å². The topological polar surface area (TPSA) is 89.5 Å². The first-order valence-electron chi connectivity index (χ1n) is 40.8. The van der Waals surface area contributed by atoms with Crippen LogP contribution in [0.1, 0.15) is 365 Å². The third kappa shape index (κ3) is 37.1. The van der Waals surface area contributed by atoms with Crippen molar-refractivity contribution < 1.29 is 38.6 Å². The molecule has 8 heteroatoms. The molecule has 0 aliphatic heterocycles. The van der Waals surface area contributed by atoms with Crippen molar-refractivity contribution >= 4 is 11.9 Å². The molecule has 8 nitrogen and oxygen atoms in total. The number of hydrogen-bond donors (Lipinski definition) is 0. The summed E-state index contributed by atoms with van der Waals surface area (Å²) in [5.74, 6) is 16.5.